The maximum Gasteiger partial charge on any atom is 0.306 e. The van der Waals surface area contributed by atoms with Crippen molar-refractivity contribution in [3.8, 4) is 0 Å². The first-order valence-corrected chi connectivity index (χ1v) is 9.82. The number of hydrogen-bond acceptors (Lipinski definition) is 3. The molecule has 4 bridgehead atoms. The van der Waals surface area contributed by atoms with Gasteiger partial charge in [0, 0.05) is 11.8 Å². The number of hydrogen-bond donors (Lipinski definition) is 1. The van der Waals surface area contributed by atoms with Crippen LogP contribution in [0, 0.1) is 28.6 Å². The van der Waals surface area contributed by atoms with Crippen molar-refractivity contribution in [2.45, 2.75) is 97.7 Å². The maximum absolute atomic E-state index is 12.4. The van der Waals surface area contributed by atoms with E-state index in [0.29, 0.717) is 24.2 Å². The summed E-state index contributed by atoms with van der Waals surface area (Å²) in [6, 6.07) is 0. The first-order valence-electron chi connectivity index (χ1n) is 9.82. The third kappa shape index (κ3) is 2.81. The van der Waals surface area contributed by atoms with E-state index in [9.17, 15) is 9.90 Å². The quantitative estimate of drug-likeness (QED) is 0.739. The highest BCUT2D eigenvalue weighted by Gasteiger charge is 2.66. The van der Waals surface area contributed by atoms with Crippen molar-refractivity contribution in [2.24, 2.45) is 28.6 Å². The van der Waals surface area contributed by atoms with Gasteiger partial charge in [0.05, 0.1) is 5.60 Å². The minimum Gasteiger partial charge on any atom is -0.459 e. The average Bonchev–Trinajstić information content (AvgIpc) is 2.33. The molecule has 138 valence electrons. The molecule has 4 fully saturated rings. The molecule has 0 aromatic carbocycles. The Kier molecular flexibility index (Phi) is 4.15. The van der Waals surface area contributed by atoms with Gasteiger partial charge in [-0.15, -0.1) is 0 Å². The number of ether oxygens (including phenoxy) is 1. The number of aliphatic hydroxyl groups is 1. The molecule has 4 aliphatic carbocycles. The lowest BCUT2D eigenvalue weighted by molar-refractivity contribution is -0.244. The van der Waals surface area contributed by atoms with E-state index in [4.69, 9.17) is 4.74 Å². The fourth-order valence-corrected chi connectivity index (χ4v) is 6.45. The van der Waals surface area contributed by atoms with Crippen LogP contribution in [0.2, 0.25) is 0 Å². The zero-order chi connectivity index (χ0) is 18.0. The molecule has 0 radical (unpaired) electrons. The highest BCUT2D eigenvalue weighted by Crippen LogP contribution is 2.71. The lowest BCUT2D eigenvalue weighted by Crippen LogP contribution is -2.65. The summed E-state index contributed by atoms with van der Waals surface area (Å²) in [4.78, 5) is 12.4. The van der Waals surface area contributed by atoms with Gasteiger partial charge in [0.15, 0.2) is 0 Å². The molecule has 4 rings (SSSR count). The van der Waals surface area contributed by atoms with Crippen LogP contribution in [0.25, 0.3) is 0 Å². The second-order valence-electron chi connectivity index (χ2n) is 10.7. The summed E-state index contributed by atoms with van der Waals surface area (Å²) in [5, 5.41) is 11.0. The van der Waals surface area contributed by atoms with Crippen LogP contribution in [0.5, 0.6) is 0 Å². The first-order chi connectivity index (χ1) is 10.9. The van der Waals surface area contributed by atoms with E-state index in [-0.39, 0.29) is 16.8 Å². The number of carbonyl (C=O) groups is 1. The Hall–Kier alpha value is -0.570. The van der Waals surface area contributed by atoms with E-state index in [1.165, 1.54) is 6.42 Å². The molecule has 0 aromatic rings. The molecule has 3 heteroatoms. The predicted octanol–water partition coefficient (Wildman–Crippen LogP) is 4.71. The van der Waals surface area contributed by atoms with Gasteiger partial charge in [0.2, 0.25) is 0 Å². The van der Waals surface area contributed by atoms with Crippen LogP contribution in [-0.2, 0) is 9.53 Å². The lowest BCUT2D eigenvalue weighted by atomic mass is 9.38. The van der Waals surface area contributed by atoms with E-state index in [1.807, 2.05) is 13.8 Å². The molecular weight excluding hydrogens is 300 g/mol. The van der Waals surface area contributed by atoms with E-state index in [0.717, 1.165) is 32.1 Å². The Morgan fingerprint density at radius 3 is 2.04 bits per heavy atom. The van der Waals surface area contributed by atoms with Crippen LogP contribution in [-0.4, -0.2) is 22.3 Å². The Balaban J connectivity index is 1.88. The molecule has 0 aliphatic heterocycles. The monoisotopic (exact) mass is 336 g/mol. The Morgan fingerprint density at radius 1 is 1.08 bits per heavy atom. The van der Waals surface area contributed by atoms with Crippen molar-refractivity contribution in [3.63, 3.8) is 0 Å². The Bertz CT molecular complexity index is 498. The van der Waals surface area contributed by atoms with Gasteiger partial charge in [-0.05, 0) is 89.4 Å². The minimum absolute atomic E-state index is 0.00118. The summed E-state index contributed by atoms with van der Waals surface area (Å²) in [7, 11) is 0. The molecular formula is C21H36O3. The molecule has 24 heavy (non-hydrogen) atoms. The fraction of sp³-hybridized carbons (Fsp3) is 0.952. The summed E-state index contributed by atoms with van der Waals surface area (Å²) in [5.41, 5.74) is -1.08. The summed E-state index contributed by atoms with van der Waals surface area (Å²) in [6.07, 6.45) is 7.39. The smallest absolute Gasteiger partial charge is 0.306 e. The molecule has 2 atom stereocenters. The summed E-state index contributed by atoms with van der Waals surface area (Å²) in [5.74, 6) is 1.62. The number of esters is 1. The van der Waals surface area contributed by atoms with E-state index >= 15 is 0 Å². The van der Waals surface area contributed by atoms with E-state index in [1.54, 1.807) is 0 Å². The largest absolute Gasteiger partial charge is 0.459 e. The van der Waals surface area contributed by atoms with Crippen LogP contribution >= 0.6 is 0 Å². The third-order valence-electron chi connectivity index (χ3n) is 7.58. The lowest BCUT2D eigenvalue weighted by Gasteiger charge is -2.68. The van der Waals surface area contributed by atoms with Gasteiger partial charge in [-0.25, -0.2) is 0 Å². The highest BCUT2D eigenvalue weighted by atomic mass is 16.6. The van der Waals surface area contributed by atoms with Crippen molar-refractivity contribution in [1.82, 2.24) is 0 Å². The van der Waals surface area contributed by atoms with E-state index in [2.05, 4.69) is 27.7 Å². The van der Waals surface area contributed by atoms with Gasteiger partial charge in [-0.1, -0.05) is 13.8 Å². The summed E-state index contributed by atoms with van der Waals surface area (Å²) in [6.45, 7) is 12.3. The zero-order valence-electron chi connectivity index (χ0n) is 16.4. The van der Waals surface area contributed by atoms with Crippen molar-refractivity contribution < 1.29 is 14.6 Å². The standard InChI is InChI=1S/C21H36O3/c1-14(2)7-17(22)24-19(5,6)21-11-15-8-16(12-21)10-20(9-15,13-21)18(3,4)23/h14-16,23H,7-13H2,1-6H3. The zero-order valence-corrected chi connectivity index (χ0v) is 16.4. The first kappa shape index (κ1) is 18.2. The van der Waals surface area contributed by atoms with Gasteiger partial charge >= 0.3 is 5.97 Å². The van der Waals surface area contributed by atoms with Crippen LogP contribution in [0.15, 0.2) is 0 Å². The average molecular weight is 337 g/mol. The molecule has 2 unspecified atom stereocenters. The van der Waals surface area contributed by atoms with Crippen molar-refractivity contribution in [1.29, 1.82) is 0 Å². The normalized spacial score (nSPS) is 38.7. The molecule has 0 aromatic heterocycles. The topological polar surface area (TPSA) is 46.5 Å². The van der Waals surface area contributed by atoms with Gasteiger partial charge < -0.3 is 9.84 Å². The molecule has 4 saturated carbocycles. The summed E-state index contributed by atoms with van der Waals surface area (Å²) < 4.78 is 6.07. The maximum atomic E-state index is 12.4. The molecule has 0 saturated heterocycles. The second-order valence-corrected chi connectivity index (χ2v) is 10.7. The Labute approximate surface area is 147 Å². The van der Waals surface area contributed by atoms with Crippen LogP contribution < -0.4 is 0 Å². The Morgan fingerprint density at radius 2 is 1.58 bits per heavy atom. The van der Waals surface area contributed by atoms with Gasteiger partial charge in [-0.2, -0.15) is 0 Å². The summed E-state index contributed by atoms with van der Waals surface area (Å²) >= 11 is 0. The molecule has 0 amide bonds. The fourth-order valence-electron chi connectivity index (χ4n) is 6.45. The van der Waals surface area contributed by atoms with Gasteiger partial charge in [0.25, 0.3) is 0 Å². The number of carbonyl (C=O) groups excluding carboxylic acids is 1. The second kappa shape index (κ2) is 5.46. The van der Waals surface area contributed by atoms with Crippen LogP contribution in [0.4, 0.5) is 0 Å². The SMILES string of the molecule is CC(C)CC(=O)OC(C)(C)C12CC3CC(CC(C(C)(C)O)(C3)C1)C2. The van der Waals surface area contributed by atoms with Crippen molar-refractivity contribution in [2.75, 3.05) is 0 Å². The molecule has 4 aliphatic rings. The number of rotatable bonds is 5. The van der Waals surface area contributed by atoms with Crippen LogP contribution in [0.1, 0.15) is 86.5 Å². The molecule has 0 spiro atoms. The van der Waals surface area contributed by atoms with E-state index < -0.39 is 11.2 Å². The molecule has 0 heterocycles. The van der Waals surface area contributed by atoms with Gasteiger partial charge in [0.1, 0.15) is 5.60 Å². The van der Waals surface area contributed by atoms with Crippen molar-refractivity contribution >= 4 is 5.97 Å². The van der Waals surface area contributed by atoms with Crippen LogP contribution in [0.3, 0.4) is 0 Å². The molecule has 3 nitrogen and oxygen atoms in total. The molecule has 1 N–H and O–H groups in total. The third-order valence-corrected chi connectivity index (χ3v) is 7.58. The predicted molar refractivity (Wildman–Crippen MR) is 95.5 cm³/mol. The minimum atomic E-state index is -0.659. The highest BCUT2D eigenvalue weighted by molar-refractivity contribution is 5.70. The van der Waals surface area contributed by atoms with Crippen molar-refractivity contribution in [3.05, 3.63) is 0 Å². The van der Waals surface area contributed by atoms with Gasteiger partial charge in [-0.3, -0.25) is 4.79 Å².